The van der Waals surface area contributed by atoms with E-state index in [0.717, 1.165) is 44.3 Å². The second kappa shape index (κ2) is 11.8. The molecule has 8 heteroatoms. The van der Waals surface area contributed by atoms with Gasteiger partial charge in [-0.15, -0.1) is 12.4 Å². The number of halogens is 1. The Morgan fingerprint density at radius 1 is 1.07 bits per heavy atom. The predicted octanol–water partition coefficient (Wildman–Crippen LogP) is 2.94. The van der Waals surface area contributed by atoms with E-state index in [4.69, 9.17) is 9.47 Å². The van der Waals surface area contributed by atoms with Gasteiger partial charge in [-0.1, -0.05) is 30.3 Å². The fourth-order valence-electron chi connectivity index (χ4n) is 3.51. The molecule has 2 amide bonds. The maximum Gasteiger partial charge on any atom is 0.409 e. The summed E-state index contributed by atoms with van der Waals surface area (Å²) < 4.78 is 11.0. The van der Waals surface area contributed by atoms with Crippen LogP contribution in [0.25, 0.3) is 0 Å². The summed E-state index contributed by atoms with van der Waals surface area (Å²) in [6.45, 7) is 3.98. The van der Waals surface area contributed by atoms with Crippen molar-refractivity contribution in [3.8, 4) is 0 Å². The zero-order chi connectivity index (χ0) is 18.9. The van der Waals surface area contributed by atoms with E-state index in [0.29, 0.717) is 32.2 Å². The molecule has 0 bridgehead atoms. The number of amides is 2. The van der Waals surface area contributed by atoms with E-state index >= 15 is 0 Å². The van der Waals surface area contributed by atoms with Gasteiger partial charge in [0.25, 0.3) is 0 Å². The number of ether oxygens (including phenoxy) is 2. The minimum atomic E-state index is -0.368. The van der Waals surface area contributed by atoms with Crippen molar-refractivity contribution < 1.29 is 19.1 Å². The summed E-state index contributed by atoms with van der Waals surface area (Å²) in [7, 11) is 0. The molecule has 1 aliphatic heterocycles. The summed E-state index contributed by atoms with van der Waals surface area (Å²) in [6.07, 6.45) is 2.81. The second-order valence-corrected chi connectivity index (χ2v) is 7.20. The Kier molecular flexibility index (Phi) is 9.37. The molecule has 1 aliphatic carbocycles. The Morgan fingerprint density at radius 3 is 2.43 bits per heavy atom. The van der Waals surface area contributed by atoms with Crippen LogP contribution in [0.3, 0.4) is 0 Å². The molecule has 0 spiro atoms. The summed E-state index contributed by atoms with van der Waals surface area (Å²) in [6, 6.07) is 9.76. The minimum Gasteiger partial charge on any atom is -0.449 e. The van der Waals surface area contributed by atoms with Gasteiger partial charge in [-0.25, -0.2) is 9.59 Å². The first-order valence-corrected chi connectivity index (χ1v) is 9.81. The van der Waals surface area contributed by atoms with E-state index < -0.39 is 0 Å². The lowest BCUT2D eigenvalue weighted by Crippen LogP contribution is -2.46. The predicted molar refractivity (Wildman–Crippen MR) is 109 cm³/mol. The molecule has 2 aliphatic rings. The van der Waals surface area contributed by atoms with E-state index in [2.05, 4.69) is 10.6 Å². The van der Waals surface area contributed by atoms with Gasteiger partial charge in [0.2, 0.25) is 0 Å². The van der Waals surface area contributed by atoms with Gasteiger partial charge in [0.15, 0.2) is 0 Å². The molecule has 0 radical (unpaired) electrons. The zero-order valence-corrected chi connectivity index (χ0v) is 16.9. The van der Waals surface area contributed by atoms with Crippen LogP contribution in [0.2, 0.25) is 0 Å². The molecule has 0 unspecified atom stereocenters. The highest BCUT2D eigenvalue weighted by molar-refractivity contribution is 5.85. The summed E-state index contributed by atoms with van der Waals surface area (Å²) in [5.41, 5.74) is 1.05. The zero-order valence-electron chi connectivity index (χ0n) is 16.1. The molecule has 0 aromatic heterocycles. The van der Waals surface area contributed by atoms with Crippen LogP contribution in [0.15, 0.2) is 30.3 Å². The van der Waals surface area contributed by atoms with Gasteiger partial charge >= 0.3 is 12.2 Å². The highest BCUT2D eigenvalue weighted by Gasteiger charge is 2.26. The molecule has 1 aromatic rings. The Bertz CT molecular complexity index is 603. The number of alkyl carbamates (subject to hydrolysis) is 1. The molecular formula is C20H30ClN3O4. The highest BCUT2D eigenvalue weighted by atomic mass is 35.5. The van der Waals surface area contributed by atoms with Crippen LogP contribution < -0.4 is 10.6 Å². The van der Waals surface area contributed by atoms with Gasteiger partial charge in [-0.2, -0.15) is 0 Å². The number of carbonyl (C=O) groups excluding carboxylic acids is 2. The van der Waals surface area contributed by atoms with Gasteiger partial charge < -0.3 is 25.0 Å². The van der Waals surface area contributed by atoms with Gasteiger partial charge in [0.1, 0.15) is 6.10 Å². The first kappa shape index (κ1) is 22.3. The third-order valence-electron chi connectivity index (χ3n) is 5.16. The number of rotatable bonds is 5. The van der Waals surface area contributed by atoms with Crippen molar-refractivity contribution >= 4 is 24.6 Å². The lowest BCUT2D eigenvalue weighted by atomic mass is 9.88. The molecule has 1 saturated heterocycles. The molecule has 2 N–H and O–H groups in total. The molecule has 3 rings (SSSR count). The van der Waals surface area contributed by atoms with Crippen LogP contribution in [0.4, 0.5) is 9.59 Å². The quantitative estimate of drug-likeness (QED) is 0.778. The highest BCUT2D eigenvalue weighted by Crippen LogP contribution is 2.26. The molecule has 156 valence electrons. The Labute approximate surface area is 172 Å². The van der Waals surface area contributed by atoms with Gasteiger partial charge in [0.05, 0.1) is 6.61 Å². The minimum absolute atomic E-state index is 0. The van der Waals surface area contributed by atoms with Crippen LogP contribution >= 0.6 is 12.4 Å². The SMILES string of the molecule is Cl.O=C(NCc1ccccc1)OC1CCC(COC(=O)N2CCNCC2)CC1. The van der Waals surface area contributed by atoms with Gasteiger partial charge in [-0.05, 0) is 37.2 Å². The van der Waals surface area contributed by atoms with Crippen LogP contribution in [0, 0.1) is 5.92 Å². The van der Waals surface area contributed by atoms with E-state index in [1.54, 1.807) is 4.90 Å². The first-order valence-electron chi connectivity index (χ1n) is 9.81. The average Bonchev–Trinajstić information content (AvgIpc) is 2.73. The maximum absolute atomic E-state index is 12.0. The lowest BCUT2D eigenvalue weighted by Gasteiger charge is -2.30. The van der Waals surface area contributed by atoms with Crippen molar-refractivity contribution in [1.82, 2.24) is 15.5 Å². The van der Waals surface area contributed by atoms with E-state index in [1.807, 2.05) is 30.3 Å². The number of benzene rings is 1. The average molecular weight is 412 g/mol. The molecule has 2 fully saturated rings. The van der Waals surface area contributed by atoms with Crippen molar-refractivity contribution in [2.45, 2.75) is 38.3 Å². The van der Waals surface area contributed by atoms with E-state index in [1.165, 1.54) is 0 Å². The van der Waals surface area contributed by atoms with Crippen molar-refractivity contribution in [2.24, 2.45) is 5.92 Å². The summed E-state index contributed by atoms with van der Waals surface area (Å²) >= 11 is 0. The van der Waals surface area contributed by atoms with E-state index in [-0.39, 0.29) is 30.7 Å². The van der Waals surface area contributed by atoms with E-state index in [9.17, 15) is 9.59 Å². The number of piperazine rings is 1. The summed E-state index contributed by atoms with van der Waals surface area (Å²) in [4.78, 5) is 25.7. The number of carbonyl (C=O) groups is 2. The summed E-state index contributed by atoms with van der Waals surface area (Å²) in [5.74, 6) is 0.351. The Hall–Kier alpha value is -1.99. The standard InChI is InChI=1S/C20H29N3O4.ClH/c24-19(22-14-16-4-2-1-3-5-16)27-18-8-6-17(7-9-18)15-26-20(25)23-12-10-21-11-13-23;/h1-5,17-18,21H,6-15H2,(H,22,24);1H. The first-order chi connectivity index (χ1) is 13.2. The second-order valence-electron chi connectivity index (χ2n) is 7.20. The van der Waals surface area contributed by atoms with Crippen molar-refractivity contribution in [1.29, 1.82) is 0 Å². The molecular weight excluding hydrogens is 382 g/mol. The largest absolute Gasteiger partial charge is 0.449 e. The van der Waals surface area contributed by atoms with Crippen LogP contribution in [0.5, 0.6) is 0 Å². The Morgan fingerprint density at radius 2 is 1.75 bits per heavy atom. The maximum atomic E-state index is 12.0. The van der Waals surface area contributed by atoms with Crippen LogP contribution in [0.1, 0.15) is 31.2 Å². The van der Waals surface area contributed by atoms with Gasteiger partial charge in [0, 0.05) is 32.7 Å². The normalized spacial score (nSPS) is 21.9. The molecule has 28 heavy (non-hydrogen) atoms. The van der Waals surface area contributed by atoms with Crippen LogP contribution in [-0.2, 0) is 16.0 Å². The monoisotopic (exact) mass is 411 g/mol. The van der Waals surface area contributed by atoms with Gasteiger partial charge in [-0.3, -0.25) is 0 Å². The fraction of sp³-hybridized carbons (Fsp3) is 0.600. The molecule has 1 heterocycles. The lowest BCUT2D eigenvalue weighted by molar-refractivity contribution is 0.0418. The Balaban J connectivity index is 0.00000280. The summed E-state index contributed by atoms with van der Waals surface area (Å²) in [5, 5.41) is 6.01. The molecule has 0 atom stereocenters. The van der Waals surface area contributed by atoms with Crippen LogP contribution in [-0.4, -0.2) is 56.0 Å². The molecule has 7 nitrogen and oxygen atoms in total. The fourth-order valence-corrected chi connectivity index (χ4v) is 3.51. The number of nitrogens with zero attached hydrogens (tertiary/aromatic N) is 1. The molecule has 1 aromatic carbocycles. The van der Waals surface area contributed by atoms with Crippen molar-refractivity contribution in [3.05, 3.63) is 35.9 Å². The topological polar surface area (TPSA) is 79.9 Å². The third-order valence-corrected chi connectivity index (χ3v) is 5.16. The number of hydrogen-bond acceptors (Lipinski definition) is 5. The third kappa shape index (κ3) is 7.20. The number of hydrogen-bond donors (Lipinski definition) is 2. The smallest absolute Gasteiger partial charge is 0.409 e. The van der Waals surface area contributed by atoms with Crippen molar-refractivity contribution in [3.63, 3.8) is 0 Å². The number of nitrogens with one attached hydrogen (secondary N) is 2. The van der Waals surface area contributed by atoms with Crippen molar-refractivity contribution in [2.75, 3.05) is 32.8 Å². The molecule has 1 saturated carbocycles.